The highest BCUT2D eigenvalue weighted by molar-refractivity contribution is 6.07. The number of rotatable bonds is 0. The Morgan fingerprint density at radius 3 is 2.65 bits per heavy atom. The third-order valence-corrected chi connectivity index (χ3v) is 6.20. The van der Waals surface area contributed by atoms with E-state index in [0.717, 1.165) is 17.9 Å². The van der Waals surface area contributed by atoms with E-state index in [2.05, 4.69) is 27.4 Å². The van der Waals surface area contributed by atoms with E-state index in [4.69, 9.17) is 4.74 Å². The molecule has 1 heterocycles. The fraction of sp³-hybridized carbons (Fsp3) is 0.800. The zero-order valence-electron chi connectivity index (χ0n) is 10.9. The predicted molar refractivity (Wildman–Crippen MR) is 64.5 cm³/mol. The smallest absolute Gasteiger partial charge is 0.190 e. The summed E-state index contributed by atoms with van der Waals surface area (Å²) in [6.45, 7) is 11.1. The molecular formula is C15H20O2. The first kappa shape index (κ1) is 10.3. The molecule has 4 aliphatic rings. The van der Waals surface area contributed by atoms with Gasteiger partial charge in [0.25, 0.3) is 0 Å². The van der Waals surface area contributed by atoms with E-state index < -0.39 is 0 Å². The molecule has 2 nitrogen and oxygen atoms in total. The number of hydrogen-bond acceptors (Lipinski definition) is 2. The summed E-state index contributed by atoms with van der Waals surface area (Å²) in [6.07, 6.45) is 3.46. The Balaban J connectivity index is 1.82. The van der Waals surface area contributed by atoms with Gasteiger partial charge in [0.05, 0.1) is 0 Å². The molecule has 4 fully saturated rings. The molecule has 5 atom stereocenters. The van der Waals surface area contributed by atoms with Gasteiger partial charge in [0, 0.05) is 11.0 Å². The Bertz CT molecular complexity index is 464. The maximum absolute atomic E-state index is 12.1. The molecule has 0 unspecified atom stereocenters. The predicted octanol–water partition coefficient (Wildman–Crippen LogP) is 2.73. The first-order valence-electron chi connectivity index (χ1n) is 6.73. The molecule has 4 rings (SSSR count). The molecule has 1 spiro atoms. The van der Waals surface area contributed by atoms with Crippen LogP contribution in [0.5, 0.6) is 0 Å². The number of hydrogen-bond donors (Lipinski definition) is 0. The summed E-state index contributed by atoms with van der Waals surface area (Å²) in [6, 6.07) is 0. The maximum Gasteiger partial charge on any atom is 0.190 e. The van der Waals surface area contributed by atoms with E-state index in [1.165, 1.54) is 12.8 Å². The van der Waals surface area contributed by atoms with E-state index in [1.54, 1.807) is 0 Å². The molecule has 0 aromatic heterocycles. The summed E-state index contributed by atoms with van der Waals surface area (Å²) < 4.78 is 5.84. The highest BCUT2D eigenvalue weighted by Gasteiger charge is 2.83. The Kier molecular flexibility index (Phi) is 1.45. The van der Waals surface area contributed by atoms with Gasteiger partial charge in [-0.1, -0.05) is 27.4 Å². The van der Waals surface area contributed by atoms with E-state index in [-0.39, 0.29) is 22.9 Å². The molecule has 0 bridgehead atoms. The van der Waals surface area contributed by atoms with Crippen molar-refractivity contribution >= 4 is 5.78 Å². The molecule has 1 saturated heterocycles. The van der Waals surface area contributed by atoms with Crippen LogP contribution in [-0.2, 0) is 9.53 Å². The Morgan fingerprint density at radius 1 is 1.24 bits per heavy atom. The summed E-state index contributed by atoms with van der Waals surface area (Å²) in [4.78, 5) is 12.1. The number of epoxide rings is 1. The van der Waals surface area contributed by atoms with E-state index in [9.17, 15) is 4.79 Å². The second-order valence-corrected chi connectivity index (χ2v) is 7.58. The van der Waals surface area contributed by atoms with Gasteiger partial charge in [-0.15, -0.1) is 0 Å². The van der Waals surface area contributed by atoms with E-state index >= 15 is 0 Å². The quantitative estimate of drug-likeness (QED) is 0.475. The van der Waals surface area contributed by atoms with Crippen LogP contribution in [0.3, 0.4) is 0 Å². The first-order chi connectivity index (χ1) is 7.82. The second kappa shape index (κ2) is 2.40. The maximum atomic E-state index is 12.1. The largest absolute Gasteiger partial charge is 0.356 e. The van der Waals surface area contributed by atoms with E-state index in [0.29, 0.717) is 11.3 Å². The number of ether oxygens (including phenoxy) is 1. The Morgan fingerprint density at radius 2 is 1.94 bits per heavy atom. The average molecular weight is 232 g/mol. The van der Waals surface area contributed by atoms with Crippen LogP contribution in [0.1, 0.15) is 40.0 Å². The molecule has 1 aliphatic heterocycles. The van der Waals surface area contributed by atoms with E-state index in [1.807, 2.05) is 0 Å². The lowest BCUT2D eigenvalue weighted by molar-refractivity contribution is -0.117. The van der Waals surface area contributed by atoms with Crippen LogP contribution in [0.25, 0.3) is 0 Å². The lowest BCUT2D eigenvalue weighted by Gasteiger charge is -2.34. The van der Waals surface area contributed by atoms with Crippen LogP contribution in [0, 0.1) is 22.7 Å². The van der Waals surface area contributed by atoms with Gasteiger partial charge in [0.2, 0.25) is 0 Å². The number of carbonyl (C=O) groups is 1. The molecule has 17 heavy (non-hydrogen) atoms. The van der Waals surface area contributed by atoms with Gasteiger partial charge in [-0.05, 0) is 36.5 Å². The minimum absolute atomic E-state index is 0.0623. The molecule has 0 aromatic rings. The van der Waals surface area contributed by atoms with Crippen molar-refractivity contribution in [3.8, 4) is 0 Å². The van der Waals surface area contributed by atoms with Crippen LogP contribution < -0.4 is 0 Å². The average Bonchev–Trinajstić information content (AvgIpc) is 2.77. The lowest BCUT2D eigenvalue weighted by atomic mass is 9.69. The monoisotopic (exact) mass is 232 g/mol. The minimum atomic E-state index is -0.132. The zero-order valence-corrected chi connectivity index (χ0v) is 10.9. The molecule has 0 N–H and O–H groups in total. The summed E-state index contributed by atoms with van der Waals surface area (Å²) in [5, 5.41) is 0. The van der Waals surface area contributed by atoms with Crippen molar-refractivity contribution in [1.29, 1.82) is 0 Å². The van der Waals surface area contributed by atoms with Gasteiger partial charge in [0.15, 0.2) is 11.9 Å². The number of ketones is 1. The lowest BCUT2D eigenvalue weighted by Crippen LogP contribution is -2.35. The fourth-order valence-corrected chi connectivity index (χ4v) is 5.39. The minimum Gasteiger partial charge on any atom is -0.356 e. The van der Waals surface area contributed by atoms with Crippen LogP contribution >= 0.6 is 0 Å². The number of carbonyl (C=O) groups excluding carboxylic acids is 1. The van der Waals surface area contributed by atoms with Crippen molar-refractivity contribution < 1.29 is 9.53 Å². The van der Waals surface area contributed by atoms with Gasteiger partial charge in [0.1, 0.15) is 5.60 Å². The molecule has 3 saturated carbocycles. The van der Waals surface area contributed by atoms with Crippen molar-refractivity contribution in [1.82, 2.24) is 0 Å². The fourth-order valence-electron chi connectivity index (χ4n) is 5.39. The van der Waals surface area contributed by atoms with Crippen LogP contribution in [0.15, 0.2) is 12.2 Å². The third kappa shape index (κ3) is 0.865. The van der Waals surface area contributed by atoms with Crippen molar-refractivity contribution in [2.75, 3.05) is 0 Å². The highest BCUT2D eigenvalue weighted by Crippen LogP contribution is 2.76. The van der Waals surface area contributed by atoms with Gasteiger partial charge in [-0.3, -0.25) is 4.79 Å². The number of Topliss-reactive ketones (excluding diaryl/α,β-unsaturated/α-hetero) is 1. The van der Waals surface area contributed by atoms with Crippen molar-refractivity contribution in [3.05, 3.63) is 12.2 Å². The van der Waals surface area contributed by atoms with Gasteiger partial charge in [-0.2, -0.15) is 0 Å². The van der Waals surface area contributed by atoms with Crippen LogP contribution in [0.2, 0.25) is 0 Å². The molecule has 0 amide bonds. The molecule has 92 valence electrons. The number of fused-ring (bicyclic) bond motifs is 2. The normalized spacial score (nSPS) is 57.9. The molecule has 2 heteroatoms. The molecule has 3 aliphatic carbocycles. The standard InChI is InChI=1S/C15H20O2/c1-8-11(16)12-15(17-12)6-9-5-13(2,3)7-10(9)14(8,15)4/h9-10,12H,1,5-7H2,2-4H3/t9-,10-,12-,14+,15+/m1/s1. The Labute approximate surface area is 102 Å². The van der Waals surface area contributed by atoms with Gasteiger partial charge >= 0.3 is 0 Å². The SMILES string of the molecule is C=C1C(=O)[C@H]2O[C@@]23C[C@H]2CC(C)(C)C[C@H]2[C@]13C. The topological polar surface area (TPSA) is 29.6 Å². The first-order valence-corrected chi connectivity index (χ1v) is 6.73. The second-order valence-electron chi connectivity index (χ2n) is 7.58. The van der Waals surface area contributed by atoms with Gasteiger partial charge in [-0.25, -0.2) is 0 Å². The molecular weight excluding hydrogens is 212 g/mol. The highest BCUT2D eigenvalue weighted by atomic mass is 16.6. The molecule has 0 radical (unpaired) electrons. The summed E-state index contributed by atoms with van der Waals surface area (Å²) in [5.41, 5.74) is 1.09. The van der Waals surface area contributed by atoms with Crippen LogP contribution in [-0.4, -0.2) is 17.5 Å². The van der Waals surface area contributed by atoms with Gasteiger partial charge < -0.3 is 4.74 Å². The summed E-state index contributed by atoms with van der Waals surface area (Å²) in [7, 11) is 0. The summed E-state index contributed by atoms with van der Waals surface area (Å²) >= 11 is 0. The zero-order chi connectivity index (χ0) is 12.2. The van der Waals surface area contributed by atoms with Crippen LogP contribution in [0.4, 0.5) is 0 Å². The Hall–Kier alpha value is -0.630. The summed E-state index contributed by atoms with van der Waals surface area (Å²) in [5.74, 6) is 1.54. The van der Waals surface area contributed by atoms with Crippen molar-refractivity contribution in [2.24, 2.45) is 22.7 Å². The van der Waals surface area contributed by atoms with Crippen molar-refractivity contribution in [3.63, 3.8) is 0 Å². The third-order valence-electron chi connectivity index (χ3n) is 6.20. The van der Waals surface area contributed by atoms with Crippen molar-refractivity contribution in [2.45, 2.75) is 51.7 Å². The molecule has 0 aromatic carbocycles.